The molecule has 5 heteroatoms. The van der Waals surface area contributed by atoms with E-state index in [-0.39, 0.29) is 6.42 Å². The lowest BCUT2D eigenvalue weighted by Gasteiger charge is -2.06. The third kappa shape index (κ3) is 4.39. The predicted molar refractivity (Wildman–Crippen MR) is 68.8 cm³/mol. The van der Waals surface area contributed by atoms with Crippen LogP contribution in [-0.4, -0.2) is 21.0 Å². The van der Waals surface area contributed by atoms with Crippen LogP contribution in [0, 0.1) is 0 Å². The van der Waals surface area contributed by atoms with E-state index in [9.17, 15) is 4.79 Å². The number of aliphatic carboxylic acids is 1. The molecule has 0 radical (unpaired) electrons. The van der Waals surface area contributed by atoms with Gasteiger partial charge in [-0.25, -0.2) is 0 Å². The number of hydrogen-bond acceptors (Lipinski definition) is 4. The highest BCUT2D eigenvalue weighted by molar-refractivity contribution is 5.67. The highest BCUT2D eigenvalue weighted by Crippen LogP contribution is 2.14. The molecular formula is C14H14N2O3. The second-order valence-electron chi connectivity index (χ2n) is 4.02. The molecule has 0 saturated heterocycles. The zero-order valence-corrected chi connectivity index (χ0v) is 10.3. The van der Waals surface area contributed by atoms with Crippen LogP contribution >= 0.6 is 0 Å². The quantitative estimate of drug-likeness (QED) is 0.858. The van der Waals surface area contributed by atoms with E-state index in [1.165, 1.54) is 0 Å². The molecule has 0 amide bonds. The van der Waals surface area contributed by atoms with Crippen LogP contribution in [0.4, 0.5) is 0 Å². The summed E-state index contributed by atoms with van der Waals surface area (Å²) in [4.78, 5) is 18.5. The Morgan fingerprint density at radius 1 is 1.21 bits per heavy atom. The molecule has 0 aliphatic heterocycles. The van der Waals surface area contributed by atoms with E-state index in [2.05, 4.69) is 9.97 Å². The molecule has 0 bridgehead atoms. The summed E-state index contributed by atoms with van der Waals surface area (Å²) in [6.07, 6.45) is 5.55. The summed E-state index contributed by atoms with van der Waals surface area (Å²) in [5.74, 6) is -0.0623. The van der Waals surface area contributed by atoms with Crippen LogP contribution in [0.5, 0.6) is 5.75 Å². The minimum Gasteiger partial charge on any atom is -0.487 e. The maximum Gasteiger partial charge on any atom is 0.303 e. The zero-order valence-electron chi connectivity index (χ0n) is 10.3. The molecule has 98 valence electrons. The van der Waals surface area contributed by atoms with Crippen molar-refractivity contribution in [2.45, 2.75) is 19.4 Å². The number of aryl methyl sites for hydroxylation is 1. The maximum atomic E-state index is 10.5. The van der Waals surface area contributed by atoms with Gasteiger partial charge in [-0.1, -0.05) is 12.1 Å². The van der Waals surface area contributed by atoms with Gasteiger partial charge in [0.05, 0.1) is 11.9 Å². The monoisotopic (exact) mass is 258 g/mol. The average Bonchev–Trinajstić information content (AvgIpc) is 2.45. The summed E-state index contributed by atoms with van der Waals surface area (Å²) < 4.78 is 5.55. The first-order chi connectivity index (χ1) is 9.24. The number of hydrogen-bond donors (Lipinski definition) is 1. The fourth-order valence-electron chi connectivity index (χ4n) is 1.57. The topological polar surface area (TPSA) is 72.3 Å². The van der Waals surface area contributed by atoms with E-state index in [1.54, 1.807) is 18.6 Å². The minimum atomic E-state index is -0.789. The number of carboxylic acid groups (broad SMARTS) is 1. The van der Waals surface area contributed by atoms with Gasteiger partial charge in [0.1, 0.15) is 12.4 Å². The molecule has 0 spiro atoms. The minimum absolute atomic E-state index is 0.139. The first-order valence-corrected chi connectivity index (χ1v) is 5.92. The van der Waals surface area contributed by atoms with Gasteiger partial charge in [-0.2, -0.15) is 0 Å². The van der Waals surface area contributed by atoms with E-state index in [4.69, 9.17) is 9.84 Å². The Bertz CT molecular complexity index is 526. The fourth-order valence-corrected chi connectivity index (χ4v) is 1.57. The number of rotatable bonds is 6. The van der Waals surface area contributed by atoms with Gasteiger partial charge in [-0.3, -0.25) is 14.8 Å². The molecule has 0 unspecified atom stereocenters. The van der Waals surface area contributed by atoms with E-state index >= 15 is 0 Å². The first-order valence-electron chi connectivity index (χ1n) is 5.92. The summed E-state index contributed by atoms with van der Waals surface area (Å²) in [5, 5.41) is 8.60. The molecule has 2 aromatic rings. The third-order valence-electron chi connectivity index (χ3n) is 2.55. The number of aromatic nitrogens is 2. The van der Waals surface area contributed by atoms with Crippen molar-refractivity contribution in [1.29, 1.82) is 0 Å². The van der Waals surface area contributed by atoms with Gasteiger partial charge in [0.15, 0.2) is 0 Å². The maximum absolute atomic E-state index is 10.5. The van der Waals surface area contributed by atoms with Crippen LogP contribution in [0.1, 0.15) is 17.7 Å². The smallest absolute Gasteiger partial charge is 0.303 e. The van der Waals surface area contributed by atoms with Crippen molar-refractivity contribution in [3.05, 3.63) is 54.1 Å². The van der Waals surface area contributed by atoms with Crippen molar-refractivity contribution >= 4 is 5.97 Å². The summed E-state index contributed by atoms with van der Waals surface area (Å²) in [7, 11) is 0. The van der Waals surface area contributed by atoms with Crippen molar-refractivity contribution < 1.29 is 14.6 Å². The number of benzene rings is 1. The van der Waals surface area contributed by atoms with Gasteiger partial charge >= 0.3 is 5.97 Å². The van der Waals surface area contributed by atoms with Crippen LogP contribution in [-0.2, 0) is 17.8 Å². The van der Waals surface area contributed by atoms with Gasteiger partial charge in [-0.05, 0) is 24.1 Å². The molecule has 19 heavy (non-hydrogen) atoms. The predicted octanol–water partition coefficient (Wildman–Crippen LogP) is 2.07. The lowest BCUT2D eigenvalue weighted by atomic mass is 10.1. The number of nitrogens with zero attached hydrogens (tertiary/aromatic N) is 2. The second kappa shape index (κ2) is 6.49. The van der Waals surface area contributed by atoms with Crippen molar-refractivity contribution in [3.63, 3.8) is 0 Å². The van der Waals surface area contributed by atoms with E-state index in [0.29, 0.717) is 13.0 Å². The van der Waals surface area contributed by atoms with Gasteiger partial charge in [-0.15, -0.1) is 0 Å². The Balaban J connectivity index is 1.86. The molecule has 0 saturated carbocycles. The molecular weight excluding hydrogens is 244 g/mol. The molecule has 1 aromatic carbocycles. The molecule has 0 atom stereocenters. The standard InChI is InChI=1S/C14H14N2O3/c17-14(18)6-3-11-1-4-13(5-2-11)19-10-12-9-15-7-8-16-12/h1-2,4-5,7-9H,3,6,10H2,(H,17,18). The van der Waals surface area contributed by atoms with Crippen LogP contribution in [0.2, 0.25) is 0 Å². The zero-order chi connectivity index (χ0) is 13.5. The molecule has 5 nitrogen and oxygen atoms in total. The van der Waals surface area contributed by atoms with Crippen LogP contribution in [0.15, 0.2) is 42.9 Å². The highest BCUT2D eigenvalue weighted by Gasteiger charge is 2.00. The Morgan fingerprint density at radius 3 is 2.63 bits per heavy atom. The second-order valence-corrected chi connectivity index (χ2v) is 4.02. The Hall–Kier alpha value is -2.43. The summed E-state index contributed by atoms with van der Waals surface area (Å²) in [5.41, 5.74) is 1.74. The summed E-state index contributed by atoms with van der Waals surface area (Å²) in [6.45, 7) is 0.363. The Kier molecular flexibility index (Phi) is 4.44. The van der Waals surface area contributed by atoms with E-state index in [0.717, 1.165) is 17.0 Å². The first kappa shape index (κ1) is 13.0. The van der Waals surface area contributed by atoms with Crippen molar-refractivity contribution in [1.82, 2.24) is 9.97 Å². The third-order valence-corrected chi connectivity index (χ3v) is 2.55. The van der Waals surface area contributed by atoms with Crippen LogP contribution < -0.4 is 4.74 Å². The molecule has 0 aliphatic rings. The summed E-state index contributed by atoms with van der Waals surface area (Å²) in [6, 6.07) is 7.39. The lowest BCUT2D eigenvalue weighted by Crippen LogP contribution is -1.99. The molecule has 0 aliphatic carbocycles. The number of ether oxygens (including phenoxy) is 1. The average molecular weight is 258 g/mol. The molecule has 1 N–H and O–H groups in total. The SMILES string of the molecule is O=C(O)CCc1ccc(OCc2cnccn2)cc1. The number of carboxylic acids is 1. The van der Waals surface area contributed by atoms with Crippen molar-refractivity contribution in [3.8, 4) is 5.75 Å². The lowest BCUT2D eigenvalue weighted by molar-refractivity contribution is -0.136. The Labute approximate surface area is 110 Å². The van der Waals surface area contributed by atoms with E-state index < -0.39 is 5.97 Å². The van der Waals surface area contributed by atoms with Crippen molar-refractivity contribution in [2.24, 2.45) is 0 Å². The summed E-state index contributed by atoms with van der Waals surface area (Å²) >= 11 is 0. The van der Waals surface area contributed by atoms with Gasteiger partial charge in [0.2, 0.25) is 0 Å². The van der Waals surface area contributed by atoms with Crippen LogP contribution in [0.3, 0.4) is 0 Å². The van der Waals surface area contributed by atoms with Gasteiger partial charge < -0.3 is 9.84 Å². The van der Waals surface area contributed by atoms with Gasteiger partial charge in [0, 0.05) is 18.8 Å². The van der Waals surface area contributed by atoms with E-state index in [1.807, 2.05) is 24.3 Å². The van der Waals surface area contributed by atoms with Crippen LogP contribution in [0.25, 0.3) is 0 Å². The van der Waals surface area contributed by atoms with Gasteiger partial charge in [0.25, 0.3) is 0 Å². The molecule has 2 rings (SSSR count). The molecule has 1 heterocycles. The highest BCUT2D eigenvalue weighted by atomic mass is 16.5. The molecule has 1 aromatic heterocycles. The fraction of sp³-hybridized carbons (Fsp3) is 0.214. The normalized spacial score (nSPS) is 10.1. The Morgan fingerprint density at radius 2 is 2.00 bits per heavy atom. The largest absolute Gasteiger partial charge is 0.487 e. The van der Waals surface area contributed by atoms with Crippen molar-refractivity contribution in [2.75, 3.05) is 0 Å². The molecule has 0 fully saturated rings. The number of carbonyl (C=O) groups is 1.